The number of allylic oxidation sites excluding steroid dienone is 2. The van der Waals surface area contributed by atoms with Crippen LogP contribution in [0.4, 0.5) is 0 Å². The molecule has 0 N–H and O–H groups in total. The Kier molecular flexibility index (Phi) is 2.24. The third kappa shape index (κ3) is 1.52. The van der Waals surface area contributed by atoms with Gasteiger partial charge in [0, 0.05) is 10.8 Å². The summed E-state index contributed by atoms with van der Waals surface area (Å²) < 4.78 is 0. The topological polar surface area (TPSA) is 0 Å². The molecule has 100 valence electrons. The van der Waals surface area contributed by atoms with Crippen molar-refractivity contribution in [3.8, 4) is 0 Å². The van der Waals surface area contributed by atoms with Crippen LogP contribution in [0.3, 0.4) is 0 Å². The summed E-state index contributed by atoms with van der Waals surface area (Å²) in [6.07, 6.45) is 11.9. The third-order valence-electron chi connectivity index (χ3n) is 5.98. The molecule has 1 unspecified atom stereocenters. The maximum Gasteiger partial charge on any atom is 0.194 e. The Hall–Kier alpha value is 0.0900. The van der Waals surface area contributed by atoms with Crippen molar-refractivity contribution in [2.75, 3.05) is 6.26 Å². The van der Waals surface area contributed by atoms with E-state index in [0.29, 0.717) is 21.7 Å². The predicted octanol–water partition coefficient (Wildman–Crippen LogP) is 4.72. The lowest BCUT2D eigenvalue weighted by Gasteiger charge is -2.54. The van der Waals surface area contributed by atoms with E-state index in [0.717, 1.165) is 17.8 Å². The lowest BCUT2D eigenvalue weighted by molar-refractivity contribution is -0.0254. The van der Waals surface area contributed by atoms with E-state index in [1.165, 1.54) is 0 Å². The monoisotopic (exact) mass is 263 g/mol. The van der Waals surface area contributed by atoms with Crippen LogP contribution in [0.1, 0.15) is 59.3 Å². The second kappa shape index (κ2) is 3.40. The summed E-state index contributed by atoms with van der Waals surface area (Å²) in [5.74, 6) is 3.30. The van der Waals surface area contributed by atoms with E-state index in [1.54, 1.807) is 38.5 Å². The Morgan fingerprint density at radius 2 is 1.39 bits per heavy atom. The zero-order chi connectivity index (χ0) is 12.7. The lowest BCUT2D eigenvalue weighted by atomic mass is 9.49. The normalized spacial score (nSPS) is 50.0. The van der Waals surface area contributed by atoms with Gasteiger partial charge in [0.25, 0.3) is 0 Å². The average Bonchev–Trinajstić information content (AvgIpc) is 2.88. The zero-order valence-corrected chi connectivity index (χ0v) is 13.2. The highest BCUT2D eigenvalue weighted by atomic mass is 32.2. The fourth-order valence-electron chi connectivity index (χ4n) is 5.97. The molecule has 0 saturated heterocycles. The number of rotatable bonds is 1. The van der Waals surface area contributed by atoms with Crippen LogP contribution in [0.2, 0.25) is 0 Å². The molecule has 1 aliphatic heterocycles. The highest BCUT2D eigenvalue weighted by Crippen LogP contribution is 2.69. The molecule has 1 atom stereocenters. The highest BCUT2D eigenvalue weighted by Gasteiger charge is 2.66. The van der Waals surface area contributed by atoms with E-state index in [2.05, 4.69) is 27.0 Å². The van der Waals surface area contributed by atoms with Crippen LogP contribution >= 0.6 is 0 Å². The Balaban J connectivity index is 1.71. The number of hydrogen-bond donors (Lipinski definition) is 0. The molecule has 0 aromatic rings. The van der Waals surface area contributed by atoms with Gasteiger partial charge < -0.3 is 0 Å². The zero-order valence-electron chi connectivity index (χ0n) is 12.4. The first-order valence-electron chi connectivity index (χ1n) is 7.80. The molecule has 0 spiro atoms. The number of hydrogen-bond acceptors (Lipinski definition) is 0. The molecule has 4 bridgehead atoms. The molecule has 18 heavy (non-hydrogen) atoms. The van der Waals surface area contributed by atoms with Crippen LogP contribution in [0, 0.1) is 28.6 Å². The molecule has 0 aromatic carbocycles. The summed E-state index contributed by atoms with van der Waals surface area (Å²) in [4.78, 5) is 3.83. The molecular weight excluding hydrogens is 236 g/mol. The molecule has 5 aliphatic rings. The van der Waals surface area contributed by atoms with Gasteiger partial charge in [0.1, 0.15) is 6.26 Å². The summed E-state index contributed by atoms with van der Waals surface area (Å²) in [7, 11) is 0.565. The lowest BCUT2D eigenvalue weighted by Crippen LogP contribution is -2.46. The van der Waals surface area contributed by atoms with Gasteiger partial charge in [0.15, 0.2) is 9.81 Å². The van der Waals surface area contributed by atoms with Crippen LogP contribution in [0.25, 0.3) is 0 Å². The average molecular weight is 263 g/mol. The fourth-order valence-corrected chi connectivity index (χ4v) is 9.01. The van der Waals surface area contributed by atoms with Gasteiger partial charge in [-0.15, -0.1) is 0 Å². The predicted molar refractivity (Wildman–Crippen MR) is 80.4 cm³/mol. The first-order valence-corrected chi connectivity index (χ1v) is 9.43. The Morgan fingerprint density at radius 3 is 1.72 bits per heavy atom. The standard InChI is InChI=1S/C17H27S/c1-16(2,3)14-15(18(14)4)17-8-11-5-12(9-17)7-13(6-11)10-17/h11-13H,5-10H2,1-4H3/q+1. The Morgan fingerprint density at radius 1 is 0.944 bits per heavy atom. The Labute approximate surface area is 115 Å². The largest absolute Gasteiger partial charge is 0.194 e. The van der Waals surface area contributed by atoms with E-state index in [4.69, 9.17) is 0 Å². The second-order valence-electron chi connectivity index (χ2n) is 8.62. The molecular formula is C17H27S+. The maximum atomic E-state index is 2.51. The molecule has 4 saturated carbocycles. The van der Waals surface area contributed by atoms with Gasteiger partial charge in [-0.05, 0) is 56.3 Å². The van der Waals surface area contributed by atoms with Crippen molar-refractivity contribution in [1.29, 1.82) is 0 Å². The second-order valence-corrected chi connectivity index (χ2v) is 10.5. The van der Waals surface area contributed by atoms with Crippen LogP contribution in [-0.2, 0) is 10.9 Å². The van der Waals surface area contributed by atoms with Crippen molar-refractivity contribution >= 4 is 10.9 Å². The molecule has 0 amide bonds. The van der Waals surface area contributed by atoms with E-state index >= 15 is 0 Å². The van der Waals surface area contributed by atoms with Gasteiger partial charge >= 0.3 is 0 Å². The van der Waals surface area contributed by atoms with Gasteiger partial charge in [-0.1, -0.05) is 20.8 Å². The van der Waals surface area contributed by atoms with E-state index in [9.17, 15) is 0 Å². The minimum absolute atomic E-state index is 0.441. The maximum absolute atomic E-state index is 2.51. The van der Waals surface area contributed by atoms with Gasteiger partial charge in [0.05, 0.1) is 10.9 Å². The SMILES string of the molecule is C[S+]1C(C(C)(C)C)=C1C12CC3CC(CC(C3)C1)C2. The van der Waals surface area contributed by atoms with Gasteiger partial charge in [-0.25, -0.2) is 0 Å². The minimum Gasteiger partial charge on any atom is -0.0516 e. The van der Waals surface area contributed by atoms with E-state index < -0.39 is 0 Å². The van der Waals surface area contributed by atoms with Crippen molar-refractivity contribution < 1.29 is 0 Å². The van der Waals surface area contributed by atoms with E-state index in [1.807, 2.05) is 9.81 Å². The van der Waals surface area contributed by atoms with Crippen LogP contribution in [0.15, 0.2) is 9.81 Å². The molecule has 5 rings (SSSR count). The minimum atomic E-state index is 0.441. The first-order chi connectivity index (χ1) is 8.39. The molecule has 0 aromatic heterocycles. The third-order valence-corrected chi connectivity index (χ3v) is 8.45. The van der Waals surface area contributed by atoms with Crippen LogP contribution < -0.4 is 0 Å². The molecule has 4 aliphatic carbocycles. The smallest absolute Gasteiger partial charge is 0.0516 e. The van der Waals surface area contributed by atoms with Crippen molar-refractivity contribution in [2.45, 2.75) is 59.3 Å². The van der Waals surface area contributed by atoms with Crippen LogP contribution in [0.5, 0.6) is 0 Å². The van der Waals surface area contributed by atoms with Crippen molar-refractivity contribution in [2.24, 2.45) is 28.6 Å². The molecule has 4 fully saturated rings. The quantitative estimate of drug-likeness (QED) is 0.600. The molecule has 1 heterocycles. The fraction of sp³-hybridized carbons (Fsp3) is 0.882. The molecule has 1 heteroatoms. The van der Waals surface area contributed by atoms with Crippen molar-refractivity contribution in [1.82, 2.24) is 0 Å². The summed E-state index contributed by atoms with van der Waals surface area (Å²) in [5.41, 5.74) is 1.14. The molecule has 0 radical (unpaired) electrons. The van der Waals surface area contributed by atoms with Crippen LogP contribution in [-0.4, -0.2) is 6.26 Å². The Bertz CT molecular complexity index is 388. The van der Waals surface area contributed by atoms with E-state index in [-0.39, 0.29) is 0 Å². The summed E-state index contributed by atoms with van der Waals surface area (Å²) >= 11 is 0. The van der Waals surface area contributed by atoms with Gasteiger partial charge in [0.2, 0.25) is 0 Å². The summed E-state index contributed by atoms with van der Waals surface area (Å²) in [6, 6.07) is 0. The van der Waals surface area contributed by atoms with Crippen molar-refractivity contribution in [3.05, 3.63) is 9.81 Å². The van der Waals surface area contributed by atoms with Gasteiger partial charge in [-0.2, -0.15) is 0 Å². The highest BCUT2D eigenvalue weighted by molar-refractivity contribution is 8.10. The first kappa shape index (κ1) is 11.9. The summed E-state index contributed by atoms with van der Waals surface area (Å²) in [5, 5.41) is 0. The van der Waals surface area contributed by atoms with Gasteiger partial charge in [-0.3, -0.25) is 0 Å². The summed E-state index contributed by atoms with van der Waals surface area (Å²) in [6.45, 7) is 7.29. The van der Waals surface area contributed by atoms with Crippen molar-refractivity contribution in [3.63, 3.8) is 0 Å². The molecule has 0 nitrogen and oxygen atoms in total.